The summed E-state index contributed by atoms with van der Waals surface area (Å²) in [5.74, 6) is 0. The summed E-state index contributed by atoms with van der Waals surface area (Å²) in [5, 5.41) is 8.54. The highest BCUT2D eigenvalue weighted by molar-refractivity contribution is 5.89. The average molecular weight is 232 g/mol. The van der Waals surface area contributed by atoms with Gasteiger partial charge in [-0.15, -0.1) is 17.6 Å². The fourth-order valence-electron chi connectivity index (χ4n) is 1.09. The molecule has 3 nitrogen and oxygen atoms in total. The third-order valence-electron chi connectivity index (χ3n) is 1.69. The Hall–Kier alpha value is -2.10. The number of anilines is 1. The minimum Gasteiger partial charge on any atom is -0.233 e. The van der Waals surface area contributed by atoms with Gasteiger partial charge in [-0.05, 0) is 12.1 Å². The van der Waals surface area contributed by atoms with Crippen molar-refractivity contribution < 1.29 is 22.4 Å². The van der Waals surface area contributed by atoms with E-state index < -0.39 is 28.6 Å². The zero-order valence-electron chi connectivity index (χ0n) is 7.62. The van der Waals surface area contributed by atoms with Crippen LogP contribution in [0.2, 0.25) is 0 Å². The maximum atomic E-state index is 12.3. The number of alkyl halides is 3. The van der Waals surface area contributed by atoms with Gasteiger partial charge >= 0.3 is 12.5 Å². The molecule has 0 spiro atoms. The van der Waals surface area contributed by atoms with Crippen LogP contribution in [0.4, 0.5) is 28.0 Å². The highest BCUT2D eigenvalue weighted by Gasteiger charge is 2.43. The van der Waals surface area contributed by atoms with Gasteiger partial charge in [0.2, 0.25) is 0 Å². The van der Waals surface area contributed by atoms with Crippen molar-refractivity contribution >= 4 is 11.8 Å². The summed E-state index contributed by atoms with van der Waals surface area (Å²) < 4.78 is 49.3. The zero-order chi connectivity index (χ0) is 12.3. The van der Waals surface area contributed by atoms with E-state index in [1.54, 1.807) is 0 Å². The molecule has 0 aliphatic rings. The maximum absolute atomic E-state index is 12.3. The lowest BCUT2D eigenvalue weighted by Gasteiger charge is -2.21. The number of hydrogen-bond acceptors (Lipinski definition) is 2. The molecule has 0 fully saturated rings. The number of carbonyl (C=O) groups is 1. The van der Waals surface area contributed by atoms with Crippen LogP contribution in [0.25, 0.3) is 0 Å². The minimum absolute atomic E-state index is 0.439. The van der Waals surface area contributed by atoms with Gasteiger partial charge in [0.05, 0.1) is 11.3 Å². The molecule has 16 heavy (non-hydrogen) atoms. The molecule has 0 aliphatic carbocycles. The second-order valence-corrected chi connectivity index (χ2v) is 2.69. The molecule has 0 aromatic heterocycles. The molecule has 0 atom stereocenters. The van der Waals surface area contributed by atoms with Crippen LogP contribution >= 0.6 is 0 Å². The van der Waals surface area contributed by atoms with Crippen molar-refractivity contribution in [1.29, 1.82) is 5.26 Å². The number of nitrogens with zero attached hydrogens (tertiary/aromatic N) is 2. The van der Waals surface area contributed by atoms with Crippen LogP contribution in [0.5, 0.6) is 0 Å². The molecule has 1 aromatic rings. The van der Waals surface area contributed by atoms with Crippen LogP contribution in [0.1, 0.15) is 5.56 Å². The fourth-order valence-corrected chi connectivity index (χ4v) is 1.09. The van der Waals surface area contributed by atoms with Crippen molar-refractivity contribution in [3.05, 3.63) is 29.8 Å². The van der Waals surface area contributed by atoms with Crippen LogP contribution in [-0.4, -0.2) is 12.5 Å². The summed E-state index contributed by atoms with van der Waals surface area (Å²) in [4.78, 5) is 9.27. The fraction of sp³-hybridized carbons (Fsp3) is 0.111. The number of carbonyl (C=O) groups excluding carboxylic acids is 1. The molecule has 1 aromatic carbocycles. The number of para-hydroxylation sites is 1. The number of benzene rings is 1. The van der Waals surface area contributed by atoms with Gasteiger partial charge in [-0.25, -0.2) is 4.79 Å². The van der Waals surface area contributed by atoms with Gasteiger partial charge in [-0.1, -0.05) is 12.1 Å². The van der Waals surface area contributed by atoms with E-state index in [2.05, 4.69) is 0 Å². The highest BCUT2D eigenvalue weighted by atomic mass is 19.4. The Morgan fingerprint density at radius 3 is 2.31 bits per heavy atom. The van der Waals surface area contributed by atoms with E-state index in [-0.39, 0.29) is 0 Å². The standard InChI is InChI=1S/C9H4F4N2O/c10-8(16)15(9(11,12)13)7-4-2-1-3-6(7)5-14/h1-4H. The molecule has 1 amide bonds. The van der Waals surface area contributed by atoms with E-state index in [0.717, 1.165) is 18.2 Å². The summed E-state index contributed by atoms with van der Waals surface area (Å²) in [6, 6.07) is 5.80. The zero-order valence-corrected chi connectivity index (χ0v) is 7.62. The van der Waals surface area contributed by atoms with Crippen molar-refractivity contribution in [2.24, 2.45) is 0 Å². The molecule has 1 rings (SSSR count). The molecule has 0 aliphatic heterocycles. The summed E-state index contributed by atoms with van der Waals surface area (Å²) in [7, 11) is 0. The average Bonchev–Trinajstić information content (AvgIpc) is 2.15. The van der Waals surface area contributed by atoms with E-state index in [0.29, 0.717) is 0 Å². The minimum atomic E-state index is -5.21. The maximum Gasteiger partial charge on any atom is 0.493 e. The molecule has 7 heteroatoms. The lowest BCUT2D eigenvalue weighted by Crippen LogP contribution is -2.40. The Morgan fingerprint density at radius 1 is 1.31 bits per heavy atom. The molecular weight excluding hydrogens is 228 g/mol. The number of nitriles is 1. The topological polar surface area (TPSA) is 44.1 Å². The van der Waals surface area contributed by atoms with Crippen LogP contribution in [0.15, 0.2) is 24.3 Å². The summed E-state index contributed by atoms with van der Waals surface area (Å²) >= 11 is 0. The summed E-state index contributed by atoms with van der Waals surface area (Å²) in [6.45, 7) is 0. The third-order valence-corrected chi connectivity index (χ3v) is 1.69. The number of amides is 1. The largest absolute Gasteiger partial charge is 0.493 e. The van der Waals surface area contributed by atoms with Gasteiger partial charge in [-0.3, -0.25) is 0 Å². The van der Waals surface area contributed by atoms with Gasteiger partial charge in [0.25, 0.3) is 0 Å². The van der Waals surface area contributed by atoms with E-state index in [9.17, 15) is 22.4 Å². The van der Waals surface area contributed by atoms with Gasteiger partial charge in [0.15, 0.2) is 0 Å². The van der Waals surface area contributed by atoms with Gasteiger partial charge < -0.3 is 0 Å². The first-order valence-corrected chi connectivity index (χ1v) is 3.93. The van der Waals surface area contributed by atoms with Crippen LogP contribution in [0.3, 0.4) is 0 Å². The van der Waals surface area contributed by atoms with E-state index in [4.69, 9.17) is 5.26 Å². The molecule has 0 heterocycles. The Morgan fingerprint density at radius 2 is 1.88 bits per heavy atom. The van der Waals surface area contributed by atoms with E-state index in [1.807, 2.05) is 0 Å². The van der Waals surface area contributed by atoms with Crippen molar-refractivity contribution in [2.75, 3.05) is 4.90 Å². The first kappa shape index (κ1) is 12.0. The first-order chi connectivity index (χ1) is 7.38. The summed E-state index contributed by atoms with van der Waals surface area (Å²) in [6.07, 6.45) is -7.89. The normalized spacial score (nSPS) is 10.7. The van der Waals surface area contributed by atoms with Gasteiger partial charge in [0, 0.05) is 0 Å². The predicted molar refractivity (Wildman–Crippen MR) is 46.2 cm³/mol. The second kappa shape index (κ2) is 4.18. The molecule has 0 bridgehead atoms. The van der Waals surface area contributed by atoms with E-state index in [1.165, 1.54) is 12.1 Å². The second-order valence-electron chi connectivity index (χ2n) is 2.69. The van der Waals surface area contributed by atoms with Crippen LogP contribution < -0.4 is 4.90 Å². The van der Waals surface area contributed by atoms with Crippen molar-refractivity contribution in [3.8, 4) is 6.07 Å². The molecule has 0 saturated carbocycles. The van der Waals surface area contributed by atoms with Gasteiger partial charge in [0.1, 0.15) is 6.07 Å². The monoisotopic (exact) mass is 232 g/mol. The molecule has 0 saturated heterocycles. The van der Waals surface area contributed by atoms with Crippen molar-refractivity contribution in [1.82, 2.24) is 0 Å². The molecule has 84 valence electrons. The lowest BCUT2D eigenvalue weighted by atomic mass is 10.2. The quantitative estimate of drug-likeness (QED) is 0.424. The Balaban J connectivity index is 3.34. The van der Waals surface area contributed by atoms with Crippen LogP contribution in [0, 0.1) is 11.3 Å². The Labute approximate surface area is 87.5 Å². The lowest BCUT2D eigenvalue weighted by molar-refractivity contribution is -0.122. The summed E-state index contributed by atoms with van der Waals surface area (Å²) in [5.41, 5.74) is -1.27. The Bertz CT molecular complexity index is 450. The first-order valence-electron chi connectivity index (χ1n) is 3.93. The van der Waals surface area contributed by atoms with Crippen LogP contribution in [-0.2, 0) is 0 Å². The van der Waals surface area contributed by atoms with Crippen molar-refractivity contribution in [2.45, 2.75) is 6.30 Å². The predicted octanol–water partition coefficient (Wildman–Crippen LogP) is 2.97. The third kappa shape index (κ3) is 2.28. The molecule has 0 N–H and O–H groups in total. The number of rotatable bonds is 1. The van der Waals surface area contributed by atoms with E-state index >= 15 is 0 Å². The molecule has 0 unspecified atom stereocenters. The smallest absolute Gasteiger partial charge is 0.233 e. The number of halogens is 4. The Kier molecular flexibility index (Phi) is 3.13. The highest BCUT2D eigenvalue weighted by Crippen LogP contribution is 2.31. The number of hydrogen-bond donors (Lipinski definition) is 0. The SMILES string of the molecule is N#Cc1ccccc1N(C(=O)F)C(F)(F)F. The molecule has 0 radical (unpaired) electrons. The van der Waals surface area contributed by atoms with Crippen molar-refractivity contribution in [3.63, 3.8) is 0 Å². The molecular formula is C9H4F4N2O. The van der Waals surface area contributed by atoms with Gasteiger partial charge in [-0.2, -0.15) is 10.2 Å².